The van der Waals surface area contributed by atoms with Crippen LogP contribution in [0.25, 0.3) is 0 Å². The number of urea groups is 1. The average molecular weight is 374 g/mol. The molecule has 148 valence electrons. The minimum atomic E-state index is -0.0462. The minimum Gasteiger partial charge on any atom is -0.357 e. The van der Waals surface area contributed by atoms with Crippen LogP contribution < -0.4 is 10.2 Å². The van der Waals surface area contributed by atoms with Crippen LogP contribution in [0.5, 0.6) is 0 Å². The molecule has 1 aromatic heterocycles. The van der Waals surface area contributed by atoms with Crippen LogP contribution >= 0.6 is 0 Å². The summed E-state index contributed by atoms with van der Waals surface area (Å²) in [5.74, 6) is 0.905. The lowest BCUT2D eigenvalue weighted by molar-refractivity contribution is -0.121. The summed E-state index contributed by atoms with van der Waals surface area (Å²) in [6.45, 7) is 9.07. The Balaban J connectivity index is 1.48. The molecule has 0 atom stereocenters. The summed E-state index contributed by atoms with van der Waals surface area (Å²) >= 11 is 0. The molecule has 3 rings (SSSR count). The van der Waals surface area contributed by atoms with Gasteiger partial charge in [0, 0.05) is 45.2 Å². The Morgan fingerprint density at radius 2 is 1.70 bits per heavy atom. The first-order chi connectivity index (χ1) is 13.1. The van der Waals surface area contributed by atoms with Gasteiger partial charge < -0.3 is 20.0 Å². The Bertz CT molecular complexity index is 630. The highest BCUT2D eigenvalue weighted by molar-refractivity contribution is 5.92. The van der Waals surface area contributed by atoms with E-state index in [1.165, 1.54) is 0 Å². The normalized spacial score (nSPS) is 17.9. The second-order valence-electron chi connectivity index (χ2n) is 7.30. The van der Waals surface area contributed by atoms with E-state index in [1.807, 2.05) is 21.9 Å². The van der Waals surface area contributed by atoms with Crippen molar-refractivity contribution in [1.82, 2.24) is 14.8 Å². The van der Waals surface area contributed by atoms with Gasteiger partial charge in [-0.2, -0.15) is 0 Å². The molecular formula is C20H31N5O2. The first-order valence-corrected chi connectivity index (χ1v) is 10.2. The Morgan fingerprint density at radius 3 is 2.26 bits per heavy atom. The molecule has 0 radical (unpaired) electrons. The summed E-state index contributed by atoms with van der Waals surface area (Å²) < 4.78 is 0. The molecule has 2 fully saturated rings. The second-order valence-corrected chi connectivity index (χ2v) is 7.30. The smallest absolute Gasteiger partial charge is 0.319 e. The fourth-order valence-electron chi connectivity index (χ4n) is 3.88. The van der Waals surface area contributed by atoms with Gasteiger partial charge in [-0.15, -0.1) is 0 Å². The lowest BCUT2D eigenvalue weighted by Gasteiger charge is -2.34. The number of nitrogens with one attached hydrogen (secondary N) is 1. The monoisotopic (exact) mass is 373 g/mol. The molecule has 0 saturated carbocycles. The number of hydrogen-bond acceptors (Lipinski definition) is 4. The lowest BCUT2D eigenvalue weighted by Crippen LogP contribution is -2.47. The number of aromatic nitrogens is 1. The Kier molecular flexibility index (Phi) is 6.53. The number of amides is 3. The van der Waals surface area contributed by atoms with Gasteiger partial charge in [0.2, 0.25) is 5.91 Å². The molecule has 0 spiro atoms. The number of pyridine rings is 1. The maximum atomic E-state index is 12.6. The van der Waals surface area contributed by atoms with Crippen LogP contribution in [0.4, 0.5) is 16.3 Å². The van der Waals surface area contributed by atoms with Crippen molar-refractivity contribution in [2.24, 2.45) is 5.92 Å². The van der Waals surface area contributed by atoms with Gasteiger partial charge in [0.05, 0.1) is 11.9 Å². The Hall–Kier alpha value is -2.31. The largest absolute Gasteiger partial charge is 0.357 e. The van der Waals surface area contributed by atoms with Crippen molar-refractivity contribution >= 4 is 23.4 Å². The summed E-state index contributed by atoms with van der Waals surface area (Å²) in [5, 5.41) is 2.98. The molecule has 2 aliphatic heterocycles. The van der Waals surface area contributed by atoms with Crippen molar-refractivity contribution in [3.05, 3.63) is 18.3 Å². The van der Waals surface area contributed by atoms with E-state index in [4.69, 9.17) is 0 Å². The molecule has 0 unspecified atom stereocenters. The molecule has 0 aromatic carbocycles. The van der Waals surface area contributed by atoms with Crippen LogP contribution in [0.1, 0.15) is 39.5 Å². The molecule has 7 heteroatoms. The maximum absolute atomic E-state index is 12.6. The van der Waals surface area contributed by atoms with Crippen molar-refractivity contribution < 1.29 is 9.59 Å². The van der Waals surface area contributed by atoms with E-state index in [-0.39, 0.29) is 17.9 Å². The summed E-state index contributed by atoms with van der Waals surface area (Å²) in [6, 6.07) is 3.99. The second kappa shape index (κ2) is 9.06. The minimum absolute atomic E-state index is 0.0284. The van der Waals surface area contributed by atoms with Gasteiger partial charge in [0.1, 0.15) is 5.82 Å². The van der Waals surface area contributed by atoms with Gasteiger partial charge >= 0.3 is 6.03 Å². The van der Waals surface area contributed by atoms with Crippen LogP contribution in [0, 0.1) is 5.92 Å². The van der Waals surface area contributed by atoms with Gasteiger partial charge in [-0.3, -0.25) is 4.79 Å². The number of nitrogens with zero attached hydrogens (tertiary/aromatic N) is 4. The summed E-state index contributed by atoms with van der Waals surface area (Å²) in [4.78, 5) is 35.5. The molecule has 1 aromatic rings. The molecule has 3 amide bonds. The number of carbonyl (C=O) groups is 2. The topological polar surface area (TPSA) is 68.8 Å². The molecule has 1 N–H and O–H groups in total. The zero-order valence-electron chi connectivity index (χ0n) is 16.5. The van der Waals surface area contributed by atoms with Crippen molar-refractivity contribution in [3.8, 4) is 0 Å². The van der Waals surface area contributed by atoms with Gasteiger partial charge in [0.25, 0.3) is 0 Å². The van der Waals surface area contributed by atoms with E-state index >= 15 is 0 Å². The summed E-state index contributed by atoms with van der Waals surface area (Å²) in [6.07, 6.45) is 5.36. The molecule has 2 aliphatic rings. The van der Waals surface area contributed by atoms with Gasteiger partial charge in [-0.05, 0) is 51.7 Å². The van der Waals surface area contributed by atoms with E-state index < -0.39 is 0 Å². The molecule has 0 bridgehead atoms. The number of piperidine rings is 1. The van der Waals surface area contributed by atoms with Gasteiger partial charge in [-0.1, -0.05) is 0 Å². The number of likely N-dealkylation sites (tertiary alicyclic amines) is 2. The number of rotatable bonds is 5. The standard InChI is InChI=1S/C20H31N5O2/c1-3-23(4-2)18-8-7-17(15-21-18)22-19(26)16-9-13-25(14-10-16)20(27)24-11-5-6-12-24/h7-8,15-16H,3-6,9-14H2,1-2H3,(H,22,26). The third-order valence-corrected chi connectivity index (χ3v) is 5.62. The summed E-state index contributed by atoms with van der Waals surface area (Å²) in [7, 11) is 0. The Morgan fingerprint density at radius 1 is 1.07 bits per heavy atom. The predicted molar refractivity (Wildman–Crippen MR) is 107 cm³/mol. The fraction of sp³-hybridized carbons (Fsp3) is 0.650. The quantitative estimate of drug-likeness (QED) is 0.862. The molecule has 3 heterocycles. The van der Waals surface area contributed by atoms with E-state index in [9.17, 15) is 9.59 Å². The number of carbonyl (C=O) groups excluding carboxylic acids is 2. The van der Waals surface area contributed by atoms with Crippen LogP contribution in [0.2, 0.25) is 0 Å². The lowest BCUT2D eigenvalue weighted by atomic mass is 9.96. The zero-order valence-corrected chi connectivity index (χ0v) is 16.5. The van der Waals surface area contributed by atoms with Gasteiger partial charge in [-0.25, -0.2) is 9.78 Å². The molecule has 7 nitrogen and oxygen atoms in total. The highest BCUT2D eigenvalue weighted by Crippen LogP contribution is 2.22. The predicted octanol–water partition coefficient (Wildman–Crippen LogP) is 2.79. The zero-order chi connectivity index (χ0) is 19.2. The fourth-order valence-corrected chi connectivity index (χ4v) is 3.88. The third-order valence-electron chi connectivity index (χ3n) is 5.62. The highest BCUT2D eigenvalue weighted by atomic mass is 16.2. The average Bonchev–Trinajstić information content (AvgIpc) is 3.24. The van der Waals surface area contributed by atoms with Gasteiger partial charge in [0.15, 0.2) is 0 Å². The summed E-state index contributed by atoms with van der Waals surface area (Å²) in [5.41, 5.74) is 0.728. The first-order valence-electron chi connectivity index (χ1n) is 10.2. The van der Waals surface area contributed by atoms with Crippen LogP contribution in [0.15, 0.2) is 18.3 Å². The Labute approximate surface area is 161 Å². The van der Waals surface area contributed by atoms with E-state index in [2.05, 4.69) is 29.0 Å². The van der Waals surface area contributed by atoms with Crippen molar-refractivity contribution in [2.75, 3.05) is 49.5 Å². The van der Waals surface area contributed by atoms with Crippen molar-refractivity contribution in [1.29, 1.82) is 0 Å². The SMILES string of the molecule is CCN(CC)c1ccc(NC(=O)C2CCN(C(=O)N3CCCC3)CC2)cn1. The molecule has 27 heavy (non-hydrogen) atoms. The third kappa shape index (κ3) is 4.70. The van der Waals surface area contributed by atoms with E-state index in [0.717, 1.165) is 63.4 Å². The molecule has 0 aliphatic carbocycles. The van der Waals surface area contributed by atoms with E-state index in [1.54, 1.807) is 6.20 Å². The van der Waals surface area contributed by atoms with E-state index in [0.29, 0.717) is 13.1 Å². The number of anilines is 2. The van der Waals surface area contributed by atoms with Crippen LogP contribution in [-0.4, -0.2) is 66.0 Å². The molecular weight excluding hydrogens is 342 g/mol. The first kappa shape index (κ1) is 19.5. The molecule has 2 saturated heterocycles. The number of hydrogen-bond donors (Lipinski definition) is 1. The van der Waals surface area contributed by atoms with Crippen LogP contribution in [0.3, 0.4) is 0 Å². The van der Waals surface area contributed by atoms with Crippen molar-refractivity contribution in [2.45, 2.75) is 39.5 Å². The highest BCUT2D eigenvalue weighted by Gasteiger charge is 2.30. The van der Waals surface area contributed by atoms with Crippen molar-refractivity contribution in [3.63, 3.8) is 0 Å². The van der Waals surface area contributed by atoms with Crippen LogP contribution in [-0.2, 0) is 4.79 Å². The maximum Gasteiger partial charge on any atom is 0.319 e.